The number of benzene rings is 4. The molecule has 8 heteroatoms. The summed E-state index contributed by atoms with van der Waals surface area (Å²) in [7, 11) is 0. The standard InChI is InChI=1S/C37H36Cl2O6/c1-3-17-42-21-27(40)23-44-35-15-13-25(19-33(35)38)37(31-11-7-5-9-29(31)30-10-6-8-12-32(30)37)26-14-16-36(34(39)20-26)45-24-28(41)22-43-18-4-2/h3-20,27-28,40-41H,21-24H2,1-2H3. The van der Waals surface area contributed by atoms with Crippen molar-refractivity contribution >= 4 is 23.2 Å². The van der Waals surface area contributed by atoms with Crippen molar-refractivity contribution < 1.29 is 29.2 Å². The van der Waals surface area contributed by atoms with Gasteiger partial charge in [-0.1, -0.05) is 96.0 Å². The van der Waals surface area contributed by atoms with Crippen molar-refractivity contribution in [1.29, 1.82) is 0 Å². The summed E-state index contributed by atoms with van der Waals surface area (Å²) in [5, 5.41) is 21.3. The Bertz CT molecular complexity index is 1540. The zero-order chi connectivity index (χ0) is 31.8. The highest BCUT2D eigenvalue weighted by molar-refractivity contribution is 6.32. The largest absolute Gasteiger partial charge is 0.499 e. The minimum Gasteiger partial charge on any atom is -0.499 e. The minimum atomic E-state index is -0.818. The monoisotopic (exact) mass is 646 g/mol. The highest BCUT2D eigenvalue weighted by Gasteiger charge is 2.46. The second-order valence-electron chi connectivity index (χ2n) is 10.7. The number of aliphatic hydroxyl groups is 2. The van der Waals surface area contributed by atoms with Gasteiger partial charge in [0.2, 0.25) is 0 Å². The molecule has 1 aliphatic carbocycles. The van der Waals surface area contributed by atoms with Gasteiger partial charge in [-0.05, 0) is 71.5 Å². The summed E-state index contributed by atoms with van der Waals surface area (Å²) in [6.07, 6.45) is 4.91. The normalized spacial score (nSPS) is 14.6. The number of hydrogen-bond donors (Lipinski definition) is 2. The molecular formula is C37H36Cl2O6. The second-order valence-corrected chi connectivity index (χ2v) is 11.5. The van der Waals surface area contributed by atoms with Crippen molar-refractivity contribution in [1.82, 2.24) is 0 Å². The minimum absolute atomic E-state index is 0.0284. The summed E-state index contributed by atoms with van der Waals surface area (Å²) in [6, 6.07) is 28.2. The molecule has 1 aliphatic rings. The predicted molar refractivity (Wildman–Crippen MR) is 178 cm³/mol. The summed E-state index contributed by atoms with van der Waals surface area (Å²) < 4.78 is 22.3. The highest BCUT2D eigenvalue weighted by Crippen LogP contribution is 2.57. The van der Waals surface area contributed by atoms with Crippen LogP contribution in [0.4, 0.5) is 0 Å². The van der Waals surface area contributed by atoms with Crippen LogP contribution < -0.4 is 9.47 Å². The Hall–Kier alpha value is -3.94. The van der Waals surface area contributed by atoms with Crippen molar-refractivity contribution in [2.45, 2.75) is 31.5 Å². The Morgan fingerprint density at radius 1 is 0.622 bits per heavy atom. The van der Waals surface area contributed by atoms with Crippen molar-refractivity contribution in [2.75, 3.05) is 26.4 Å². The van der Waals surface area contributed by atoms with E-state index in [-0.39, 0.29) is 26.4 Å². The molecule has 6 nitrogen and oxygen atoms in total. The average Bonchev–Trinajstić information content (AvgIpc) is 3.35. The zero-order valence-corrected chi connectivity index (χ0v) is 26.7. The van der Waals surface area contributed by atoms with Gasteiger partial charge in [0, 0.05) is 0 Å². The van der Waals surface area contributed by atoms with E-state index in [1.54, 1.807) is 12.2 Å². The van der Waals surface area contributed by atoms with Gasteiger partial charge in [-0.25, -0.2) is 0 Å². The summed E-state index contributed by atoms with van der Waals surface area (Å²) >= 11 is 13.7. The molecule has 4 aromatic carbocycles. The molecule has 0 aromatic heterocycles. The molecule has 45 heavy (non-hydrogen) atoms. The summed E-state index contributed by atoms with van der Waals surface area (Å²) in [6.45, 7) is 3.95. The Kier molecular flexibility index (Phi) is 10.7. The number of halogens is 2. The van der Waals surface area contributed by atoms with E-state index in [0.717, 1.165) is 33.4 Å². The first kappa shape index (κ1) is 32.5. The second kappa shape index (κ2) is 14.9. The molecule has 0 saturated carbocycles. The van der Waals surface area contributed by atoms with Crippen LogP contribution in [0.5, 0.6) is 11.5 Å². The van der Waals surface area contributed by atoms with Gasteiger partial charge in [0.05, 0.1) is 28.0 Å². The van der Waals surface area contributed by atoms with Crippen molar-refractivity contribution in [3.63, 3.8) is 0 Å². The first-order chi connectivity index (χ1) is 21.9. The quantitative estimate of drug-likeness (QED) is 0.119. The third-order valence-corrected chi connectivity index (χ3v) is 8.18. The lowest BCUT2D eigenvalue weighted by molar-refractivity contribution is 0.0464. The Morgan fingerprint density at radius 2 is 1.04 bits per heavy atom. The van der Waals surface area contributed by atoms with Gasteiger partial charge in [0.1, 0.15) is 50.1 Å². The zero-order valence-electron chi connectivity index (χ0n) is 25.2. The molecule has 0 fully saturated rings. The first-order valence-electron chi connectivity index (χ1n) is 14.8. The third-order valence-electron chi connectivity index (χ3n) is 7.59. The summed E-state index contributed by atoms with van der Waals surface area (Å²) in [4.78, 5) is 0. The Morgan fingerprint density at radius 3 is 1.44 bits per heavy atom. The van der Waals surface area contributed by atoms with Gasteiger partial charge in [0.25, 0.3) is 0 Å². The van der Waals surface area contributed by atoms with Gasteiger partial charge in [-0.2, -0.15) is 0 Å². The lowest BCUT2D eigenvalue weighted by atomic mass is 9.67. The molecule has 0 spiro atoms. The van der Waals surface area contributed by atoms with E-state index in [1.807, 2.05) is 74.5 Å². The third kappa shape index (κ3) is 6.85. The average molecular weight is 648 g/mol. The molecule has 0 bridgehead atoms. The fourth-order valence-electron chi connectivity index (χ4n) is 5.72. The van der Waals surface area contributed by atoms with E-state index in [9.17, 15) is 10.2 Å². The topological polar surface area (TPSA) is 77.4 Å². The van der Waals surface area contributed by atoms with Crippen LogP contribution in [0.1, 0.15) is 36.1 Å². The molecule has 5 rings (SSSR count). The van der Waals surface area contributed by atoms with Crippen LogP contribution in [0, 0.1) is 0 Å². The first-order valence-corrected chi connectivity index (χ1v) is 15.5. The SMILES string of the molecule is CC=COCC(O)COc1ccc(C2(c3ccc(OCC(O)COC=CC)c(Cl)c3)c3ccccc3-c3ccccc32)cc1Cl. The fraction of sp³-hybridized carbons (Fsp3) is 0.243. The van der Waals surface area contributed by atoms with Gasteiger partial charge in [-0.15, -0.1) is 0 Å². The van der Waals surface area contributed by atoms with Crippen LogP contribution in [0.25, 0.3) is 11.1 Å². The van der Waals surface area contributed by atoms with Crippen molar-refractivity contribution in [2.24, 2.45) is 0 Å². The molecule has 0 heterocycles. The molecule has 2 N–H and O–H groups in total. The summed E-state index contributed by atoms with van der Waals surface area (Å²) in [5.41, 5.74) is 5.52. The molecule has 2 atom stereocenters. The molecule has 234 valence electrons. The lowest BCUT2D eigenvalue weighted by Crippen LogP contribution is -2.29. The Labute approximate surface area is 274 Å². The van der Waals surface area contributed by atoms with Crippen LogP contribution in [-0.2, 0) is 14.9 Å². The van der Waals surface area contributed by atoms with Gasteiger partial charge >= 0.3 is 0 Å². The maximum Gasteiger partial charge on any atom is 0.138 e. The molecule has 0 saturated heterocycles. The van der Waals surface area contributed by atoms with Crippen molar-refractivity contribution in [3.8, 4) is 22.6 Å². The number of fused-ring (bicyclic) bond motifs is 3. The fourth-order valence-corrected chi connectivity index (χ4v) is 6.19. The number of allylic oxidation sites excluding steroid dienone is 2. The van der Waals surface area contributed by atoms with Crippen LogP contribution in [0.3, 0.4) is 0 Å². The van der Waals surface area contributed by atoms with Gasteiger partial charge in [0.15, 0.2) is 0 Å². The van der Waals surface area contributed by atoms with E-state index >= 15 is 0 Å². The van der Waals surface area contributed by atoms with Crippen LogP contribution in [0.15, 0.2) is 110 Å². The number of ether oxygens (including phenoxy) is 4. The maximum atomic E-state index is 10.3. The van der Waals surface area contributed by atoms with E-state index < -0.39 is 17.6 Å². The molecule has 0 amide bonds. The molecule has 4 aromatic rings. The summed E-state index contributed by atoms with van der Waals surface area (Å²) in [5.74, 6) is 0.915. The predicted octanol–water partition coefficient (Wildman–Crippen LogP) is 7.94. The van der Waals surface area contributed by atoms with Gasteiger partial charge < -0.3 is 29.2 Å². The molecule has 2 unspecified atom stereocenters. The number of aliphatic hydroxyl groups excluding tert-OH is 2. The number of hydrogen-bond acceptors (Lipinski definition) is 6. The van der Waals surface area contributed by atoms with Crippen LogP contribution in [0.2, 0.25) is 10.0 Å². The molecule has 0 radical (unpaired) electrons. The highest BCUT2D eigenvalue weighted by atomic mass is 35.5. The van der Waals surface area contributed by atoms with Crippen LogP contribution in [-0.4, -0.2) is 48.8 Å². The van der Waals surface area contributed by atoms with E-state index in [0.29, 0.717) is 21.5 Å². The van der Waals surface area contributed by atoms with E-state index in [4.69, 9.17) is 42.1 Å². The Balaban J connectivity index is 1.53. The van der Waals surface area contributed by atoms with Crippen molar-refractivity contribution in [3.05, 3.63) is 142 Å². The van der Waals surface area contributed by atoms with E-state index in [2.05, 4.69) is 24.3 Å². The lowest BCUT2D eigenvalue weighted by Gasteiger charge is -2.34. The molecular weight excluding hydrogens is 611 g/mol. The maximum absolute atomic E-state index is 10.3. The number of rotatable bonds is 14. The van der Waals surface area contributed by atoms with Crippen LogP contribution >= 0.6 is 23.2 Å². The molecule has 0 aliphatic heterocycles. The smallest absolute Gasteiger partial charge is 0.138 e. The van der Waals surface area contributed by atoms with E-state index in [1.165, 1.54) is 12.5 Å². The van der Waals surface area contributed by atoms with Gasteiger partial charge in [-0.3, -0.25) is 0 Å².